The second kappa shape index (κ2) is 4.63. The first-order chi connectivity index (χ1) is 10.7. The van der Waals surface area contributed by atoms with Gasteiger partial charge in [0.05, 0.1) is 17.3 Å². The summed E-state index contributed by atoms with van der Waals surface area (Å²) in [5.41, 5.74) is 0.791. The molecule has 0 aliphatic rings. The number of hydrogen-bond acceptors (Lipinski definition) is 4. The molecule has 4 rings (SSSR count). The number of fused-ring (bicyclic) bond motifs is 2. The molecule has 105 valence electrons. The minimum Gasteiger partial charge on any atom is -0.268 e. The highest BCUT2D eigenvalue weighted by Gasteiger charge is 2.11. The van der Waals surface area contributed by atoms with Crippen molar-refractivity contribution in [3.63, 3.8) is 0 Å². The van der Waals surface area contributed by atoms with E-state index in [1.165, 1.54) is 15.0 Å². The number of nitrogens with zero attached hydrogens (tertiary/aromatic N) is 4. The van der Waals surface area contributed by atoms with E-state index < -0.39 is 0 Å². The molecule has 1 radical (unpaired) electrons. The monoisotopic (exact) mass is 289 g/mol. The van der Waals surface area contributed by atoms with Crippen molar-refractivity contribution in [2.75, 3.05) is 0 Å². The van der Waals surface area contributed by atoms with Crippen LogP contribution in [0.25, 0.3) is 22.6 Å². The molecule has 0 N–H and O–H groups in total. The highest BCUT2D eigenvalue weighted by molar-refractivity contribution is 5.60. The van der Waals surface area contributed by atoms with E-state index in [2.05, 4.69) is 16.0 Å². The Morgan fingerprint density at radius 1 is 0.909 bits per heavy atom. The lowest BCUT2D eigenvalue weighted by atomic mass is 10.2. The molecule has 0 spiro atoms. The zero-order valence-electron chi connectivity index (χ0n) is 11.3. The van der Waals surface area contributed by atoms with Gasteiger partial charge in [-0.3, -0.25) is 18.4 Å². The first-order valence-corrected chi connectivity index (χ1v) is 6.61. The maximum Gasteiger partial charge on any atom is 0.267 e. The second-order valence-electron chi connectivity index (χ2n) is 4.73. The van der Waals surface area contributed by atoms with Gasteiger partial charge in [0.1, 0.15) is 11.3 Å². The van der Waals surface area contributed by atoms with Crippen molar-refractivity contribution in [3.05, 3.63) is 81.8 Å². The van der Waals surface area contributed by atoms with Gasteiger partial charge in [-0.05, 0) is 24.3 Å². The van der Waals surface area contributed by atoms with Gasteiger partial charge < -0.3 is 0 Å². The van der Waals surface area contributed by atoms with Crippen molar-refractivity contribution >= 4 is 11.3 Å². The van der Waals surface area contributed by atoms with Crippen molar-refractivity contribution in [2.24, 2.45) is 0 Å². The smallest absolute Gasteiger partial charge is 0.267 e. The predicted octanol–water partition coefficient (Wildman–Crippen LogP) is 1.17. The quantitative estimate of drug-likeness (QED) is 0.527. The number of rotatable bonds is 1. The predicted molar refractivity (Wildman–Crippen MR) is 80.8 cm³/mol. The second-order valence-corrected chi connectivity index (χ2v) is 4.73. The van der Waals surface area contributed by atoms with Crippen molar-refractivity contribution in [3.8, 4) is 11.3 Å². The molecule has 0 aromatic carbocycles. The van der Waals surface area contributed by atoms with Crippen LogP contribution in [-0.2, 0) is 0 Å². The van der Waals surface area contributed by atoms with E-state index in [-0.39, 0.29) is 22.4 Å². The normalized spacial score (nSPS) is 11.1. The Bertz CT molecular complexity index is 1130. The van der Waals surface area contributed by atoms with Crippen LogP contribution in [0.4, 0.5) is 0 Å². The van der Waals surface area contributed by atoms with Crippen LogP contribution in [0.1, 0.15) is 0 Å². The Morgan fingerprint density at radius 2 is 1.64 bits per heavy atom. The van der Waals surface area contributed by atoms with Crippen molar-refractivity contribution in [1.82, 2.24) is 18.8 Å². The maximum absolute atomic E-state index is 12.5. The van der Waals surface area contributed by atoms with E-state index in [1.54, 1.807) is 48.8 Å². The van der Waals surface area contributed by atoms with Crippen molar-refractivity contribution < 1.29 is 0 Å². The van der Waals surface area contributed by atoms with Crippen LogP contribution in [0, 0.1) is 6.07 Å². The van der Waals surface area contributed by atoms with E-state index in [9.17, 15) is 9.59 Å². The van der Waals surface area contributed by atoms with Gasteiger partial charge in [-0.25, -0.2) is 9.97 Å². The minimum absolute atomic E-state index is 0.201. The van der Waals surface area contributed by atoms with Gasteiger partial charge >= 0.3 is 0 Å². The van der Waals surface area contributed by atoms with Crippen LogP contribution in [0.2, 0.25) is 0 Å². The molecule has 22 heavy (non-hydrogen) atoms. The van der Waals surface area contributed by atoms with E-state index in [1.807, 2.05) is 0 Å². The molecule has 0 saturated carbocycles. The molecule has 0 unspecified atom stereocenters. The summed E-state index contributed by atoms with van der Waals surface area (Å²) < 4.78 is 2.78. The topological polar surface area (TPSA) is 68.7 Å². The van der Waals surface area contributed by atoms with Crippen LogP contribution < -0.4 is 11.1 Å². The summed E-state index contributed by atoms with van der Waals surface area (Å²) >= 11 is 0. The SMILES string of the molecule is O=c1[c]c(-c2cnc3ccccn3c2=O)nc2ccccn12. The third-order valence-electron chi connectivity index (χ3n) is 3.38. The molecular formula is C16H9N4O2. The zero-order valence-corrected chi connectivity index (χ0v) is 11.3. The number of pyridine rings is 2. The van der Waals surface area contributed by atoms with Gasteiger partial charge in [-0.2, -0.15) is 0 Å². The molecule has 0 bridgehead atoms. The standard InChI is InChI=1S/C16H9N4O2/c21-15-9-12(18-14-6-2-3-7-19(14)15)11-10-17-13-5-1-4-8-20(13)16(11)22/h1-8,10H. The summed E-state index contributed by atoms with van der Waals surface area (Å²) in [6.45, 7) is 0. The average Bonchev–Trinajstić information content (AvgIpc) is 2.55. The lowest BCUT2D eigenvalue weighted by Gasteiger charge is -2.04. The lowest BCUT2D eigenvalue weighted by molar-refractivity contribution is 1.02. The molecule has 0 amide bonds. The maximum atomic E-state index is 12.5. The molecule has 4 aromatic heterocycles. The fourth-order valence-electron chi connectivity index (χ4n) is 2.32. The van der Waals surface area contributed by atoms with E-state index >= 15 is 0 Å². The van der Waals surface area contributed by atoms with E-state index in [0.29, 0.717) is 11.3 Å². The highest BCUT2D eigenvalue weighted by atomic mass is 16.1. The Hall–Kier alpha value is -3.28. The zero-order chi connectivity index (χ0) is 15.1. The first-order valence-electron chi connectivity index (χ1n) is 6.61. The largest absolute Gasteiger partial charge is 0.268 e. The Kier molecular flexibility index (Phi) is 2.62. The first kappa shape index (κ1) is 12.5. The van der Waals surface area contributed by atoms with Gasteiger partial charge in [0, 0.05) is 18.6 Å². The molecule has 0 aliphatic heterocycles. The van der Waals surface area contributed by atoms with Gasteiger partial charge in [-0.1, -0.05) is 12.1 Å². The van der Waals surface area contributed by atoms with E-state index in [0.717, 1.165) is 0 Å². The van der Waals surface area contributed by atoms with Crippen LogP contribution in [-0.4, -0.2) is 18.8 Å². The highest BCUT2D eigenvalue weighted by Crippen LogP contribution is 2.11. The molecule has 0 aliphatic carbocycles. The van der Waals surface area contributed by atoms with Crippen LogP contribution >= 0.6 is 0 Å². The van der Waals surface area contributed by atoms with Gasteiger partial charge in [0.15, 0.2) is 0 Å². The molecular weight excluding hydrogens is 280 g/mol. The molecule has 0 saturated heterocycles. The van der Waals surface area contributed by atoms with Gasteiger partial charge in [0.2, 0.25) is 0 Å². The molecule has 0 fully saturated rings. The lowest BCUT2D eigenvalue weighted by Crippen LogP contribution is -2.20. The van der Waals surface area contributed by atoms with Crippen molar-refractivity contribution in [1.29, 1.82) is 0 Å². The molecule has 4 heterocycles. The Morgan fingerprint density at radius 3 is 2.45 bits per heavy atom. The summed E-state index contributed by atoms with van der Waals surface area (Å²) in [6.07, 6.45) is 4.66. The van der Waals surface area contributed by atoms with Crippen molar-refractivity contribution in [2.45, 2.75) is 0 Å². The third kappa shape index (κ3) is 1.81. The van der Waals surface area contributed by atoms with E-state index in [4.69, 9.17) is 0 Å². The van der Waals surface area contributed by atoms with Gasteiger partial charge in [-0.15, -0.1) is 0 Å². The summed E-state index contributed by atoms with van der Waals surface area (Å²) in [7, 11) is 0. The molecule has 6 nitrogen and oxygen atoms in total. The summed E-state index contributed by atoms with van der Waals surface area (Å²) in [6, 6.07) is 13.1. The summed E-state index contributed by atoms with van der Waals surface area (Å²) in [4.78, 5) is 33.2. The summed E-state index contributed by atoms with van der Waals surface area (Å²) in [5.74, 6) is 0. The molecule has 4 aromatic rings. The number of hydrogen-bond donors (Lipinski definition) is 0. The fraction of sp³-hybridized carbons (Fsp3) is 0. The Labute approximate surface area is 124 Å². The third-order valence-corrected chi connectivity index (χ3v) is 3.38. The molecule has 6 heteroatoms. The van der Waals surface area contributed by atoms with Crippen LogP contribution in [0.15, 0.2) is 64.6 Å². The van der Waals surface area contributed by atoms with Gasteiger partial charge in [0.25, 0.3) is 11.1 Å². The Balaban J connectivity index is 2.05. The minimum atomic E-state index is -0.363. The number of aromatic nitrogens is 4. The molecule has 0 atom stereocenters. The van der Waals surface area contributed by atoms with Crippen LogP contribution in [0.3, 0.4) is 0 Å². The summed E-state index contributed by atoms with van der Waals surface area (Å²) in [5, 5.41) is 0. The fourth-order valence-corrected chi connectivity index (χ4v) is 2.32. The average molecular weight is 289 g/mol. The van der Waals surface area contributed by atoms with Crippen LogP contribution in [0.5, 0.6) is 0 Å².